The summed E-state index contributed by atoms with van der Waals surface area (Å²) in [5.41, 5.74) is 8.67. The van der Waals surface area contributed by atoms with Crippen LogP contribution in [-0.4, -0.2) is 36.1 Å². The third kappa shape index (κ3) is 3.39. The van der Waals surface area contributed by atoms with Gasteiger partial charge in [-0.3, -0.25) is 4.98 Å². The van der Waals surface area contributed by atoms with E-state index >= 15 is 0 Å². The fourth-order valence-electron chi connectivity index (χ4n) is 2.45. The third-order valence-corrected chi connectivity index (χ3v) is 3.53. The van der Waals surface area contributed by atoms with Crippen molar-refractivity contribution in [2.45, 2.75) is 20.3 Å². The summed E-state index contributed by atoms with van der Waals surface area (Å²) in [6.07, 6.45) is 3.01. The second kappa shape index (κ2) is 7.10. The number of nitrogens with one attached hydrogen (secondary N) is 1. The summed E-state index contributed by atoms with van der Waals surface area (Å²) in [4.78, 5) is 6.80. The van der Waals surface area contributed by atoms with Crippen LogP contribution < -0.4 is 11.1 Å². The van der Waals surface area contributed by atoms with Crippen molar-refractivity contribution in [1.82, 2.24) is 9.88 Å². The summed E-state index contributed by atoms with van der Waals surface area (Å²) < 4.78 is 0. The lowest BCUT2D eigenvalue weighted by atomic mass is 10.1. The molecule has 0 saturated heterocycles. The topological polar surface area (TPSA) is 54.2 Å². The zero-order valence-electron chi connectivity index (χ0n) is 12.4. The number of hydrogen-bond donors (Lipinski definition) is 2. The lowest BCUT2D eigenvalue weighted by Gasteiger charge is -2.20. The van der Waals surface area contributed by atoms with Crippen LogP contribution in [0, 0.1) is 0 Å². The summed E-state index contributed by atoms with van der Waals surface area (Å²) in [6.45, 7) is 8.66. The molecule has 0 aliphatic heterocycles. The number of benzene rings is 1. The maximum absolute atomic E-state index is 5.96. The van der Waals surface area contributed by atoms with Crippen molar-refractivity contribution in [2.75, 3.05) is 37.2 Å². The predicted molar refractivity (Wildman–Crippen MR) is 87.1 cm³/mol. The highest BCUT2D eigenvalue weighted by Gasteiger charge is 2.05. The number of likely N-dealkylation sites (N-methyl/N-ethyl adjacent to an activating group) is 1. The molecule has 20 heavy (non-hydrogen) atoms. The molecular formula is C16H24N4. The number of nitrogens with two attached hydrogens (primary N) is 1. The standard InChI is InChI=1S/C16H24N4/c1-3-11-20(4-2)12-10-18-15-8-9-19-16-13(15)6-5-7-14(16)17/h5-9H,3-4,10-12,17H2,1-2H3,(H,18,19). The van der Waals surface area contributed by atoms with Crippen molar-refractivity contribution in [2.24, 2.45) is 0 Å². The van der Waals surface area contributed by atoms with Crippen molar-refractivity contribution < 1.29 is 0 Å². The van der Waals surface area contributed by atoms with E-state index in [2.05, 4.69) is 35.1 Å². The molecule has 2 aromatic rings. The maximum atomic E-state index is 5.96. The van der Waals surface area contributed by atoms with Gasteiger partial charge in [-0.2, -0.15) is 0 Å². The fraction of sp³-hybridized carbons (Fsp3) is 0.438. The van der Waals surface area contributed by atoms with E-state index in [1.54, 1.807) is 0 Å². The van der Waals surface area contributed by atoms with Crippen molar-refractivity contribution in [3.05, 3.63) is 30.5 Å². The second-order valence-corrected chi connectivity index (χ2v) is 4.96. The van der Waals surface area contributed by atoms with Gasteiger partial charge in [-0.05, 0) is 31.6 Å². The van der Waals surface area contributed by atoms with Crippen molar-refractivity contribution in [1.29, 1.82) is 0 Å². The SMILES string of the molecule is CCCN(CC)CCNc1ccnc2c(N)cccc12. The Kier molecular flexibility index (Phi) is 5.18. The average molecular weight is 272 g/mol. The van der Waals surface area contributed by atoms with Gasteiger partial charge in [-0.1, -0.05) is 26.0 Å². The molecule has 0 amide bonds. The first-order chi connectivity index (χ1) is 9.76. The van der Waals surface area contributed by atoms with Gasteiger partial charge < -0.3 is 16.0 Å². The van der Waals surface area contributed by atoms with E-state index in [0.717, 1.165) is 48.5 Å². The van der Waals surface area contributed by atoms with Crippen LogP contribution in [0.3, 0.4) is 0 Å². The molecule has 0 atom stereocenters. The molecule has 0 aliphatic carbocycles. The smallest absolute Gasteiger partial charge is 0.0951 e. The molecule has 0 spiro atoms. The van der Waals surface area contributed by atoms with E-state index in [4.69, 9.17) is 5.73 Å². The average Bonchev–Trinajstić information content (AvgIpc) is 2.47. The first kappa shape index (κ1) is 14.6. The molecule has 0 fully saturated rings. The molecule has 0 unspecified atom stereocenters. The van der Waals surface area contributed by atoms with Crippen LogP contribution >= 0.6 is 0 Å². The predicted octanol–water partition coefficient (Wildman–Crippen LogP) is 2.96. The number of para-hydroxylation sites is 1. The highest BCUT2D eigenvalue weighted by atomic mass is 15.1. The number of anilines is 2. The highest BCUT2D eigenvalue weighted by molar-refractivity contribution is 5.97. The van der Waals surface area contributed by atoms with E-state index in [1.807, 2.05) is 24.4 Å². The van der Waals surface area contributed by atoms with E-state index < -0.39 is 0 Å². The zero-order chi connectivity index (χ0) is 14.4. The summed E-state index contributed by atoms with van der Waals surface area (Å²) in [5, 5.41) is 4.59. The van der Waals surface area contributed by atoms with Crippen LogP contribution in [0.4, 0.5) is 11.4 Å². The molecule has 4 heteroatoms. The Labute approximate surface area is 121 Å². The molecule has 1 aromatic heterocycles. The molecule has 0 radical (unpaired) electrons. The molecule has 3 N–H and O–H groups in total. The number of aromatic nitrogens is 1. The van der Waals surface area contributed by atoms with Crippen LogP contribution in [0.15, 0.2) is 30.5 Å². The fourth-order valence-corrected chi connectivity index (χ4v) is 2.45. The maximum Gasteiger partial charge on any atom is 0.0951 e. The van der Waals surface area contributed by atoms with Gasteiger partial charge in [0.1, 0.15) is 0 Å². The number of hydrogen-bond acceptors (Lipinski definition) is 4. The lowest BCUT2D eigenvalue weighted by molar-refractivity contribution is 0.300. The third-order valence-electron chi connectivity index (χ3n) is 3.53. The minimum atomic E-state index is 0.729. The summed E-state index contributed by atoms with van der Waals surface area (Å²) in [7, 11) is 0. The van der Waals surface area contributed by atoms with Gasteiger partial charge in [0.2, 0.25) is 0 Å². The van der Waals surface area contributed by atoms with Gasteiger partial charge in [0.15, 0.2) is 0 Å². The number of nitrogen functional groups attached to an aromatic ring is 1. The van der Waals surface area contributed by atoms with Gasteiger partial charge in [0, 0.05) is 30.4 Å². The lowest BCUT2D eigenvalue weighted by Crippen LogP contribution is -2.29. The van der Waals surface area contributed by atoms with Crippen molar-refractivity contribution in [3.63, 3.8) is 0 Å². The van der Waals surface area contributed by atoms with Gasteiger partial charge in [-0.15, -0.1) is 0 Å². The Hall–Kier alpha value is -1.81. The molecule has 0 bridgehead atoms. The van der Waals surface area contributed by atoms with Gasteiger partial charge in [-0.25, -0.2) is 0 Å². The molecular weight excluding hydrogens is 248 g/mol. The van der Waals surface area contributed by atoms with E-state index in [-0.39, 0.29) is 0 Å². The minimum Gasteiger partial charge on any atom is -0.397 e. The van der Waals surface area contributed by atoms with Gasteiger partial charge in [0.25, 0.3) is 0 Å². The summed E-state index contributed by atoms with van der Waals surface area (Å²) in [5.74, 6) is 0. The number of rotatable bonds is 7. The monoisotopic (exact) mass is 272 g/mol. The molecule has 108 valence electrons. The summed E-state index contributed by atoms with van der Waals surface area (Å²) >= 11 is 0. The quantitative estimate of drug-likeness (QED) is 0.761. The van der Waals surface area contributed by atoms with Gasteiger partial charge in [0.05, 0.1) is 11.2 Å². The van der Waals surface area contributed by atoms with Crippen LogP contribution in [0.25, 0.3) is 10.9 Å². The number of fused-ring (bicyclic) bond motifs is 1. The van der Waals surface area contributed by atoms with Crippen LogP contribution in [-0.2, 0) is 0 Å². The molecule has 1 aromatic carbocycles. The molecule has 4 nitrogen and oxygen atoms in total. The molecule has 0 saturated carbocycles. The largest absolute Gasteiger partial charge is 0.397 e. The first-order valence-electron chi connectivity index (χ1n) is 7.35. The van der Waals surface area contributed by atoms with Crippen LogP contribution in [0.2, 0.25) is 0 Å². The minimum absolute atomic E-state index is 0.729. The van der Waals surface area contributed by atoms with Crippen LogP contribution in [0.5, 0.6) is 0 Å². The summed E-state index contributed by atoms with van der Waals surface area (Å²) in [6, 6.07) is 7.93. The normalized spacial score (nSPS) is 11.2. The Bertz CT molecular complexity index is 553. The number of pyridine rings is 1. The van der Waals surface area contributed by atoms with E-state index in [1.165, 1.54) is 6.42 Å². The highest BCUT2D eigenvalue weighted by Crippen LogP contribution is 2.25. The second-order valence-electron chi connectivity index (χ2n) is 4.96. The molecule has 1 heterocycles. The Morgan fingerprint density at radius 1 is 1.20 bits per heavy atom. The zero-order valence-corrected chi connectivity index (χ0v) is 12.4. The van der Waals surface area contributed by atoms with E-state index in [0.29, 0.717) is 0 Å². The Balaban J connectivity index is 2.05. The Morgan fingerprint density at radius 3 is 2.80 bits per heavy atom. The molecule has 2 rings (SSSR count). The van der Waals surface area contributed by atoms with Crippen molar-refractivity contribution in [3.8, 4) is 0 Å². The number of nitrogens with zero attached hydrogens (tertiary/aromatic N) is 2. The Morgan fingerprint density at radius 2 is 2.05 bits per heavy atom. The van der Waals surface area contributed by atoms with Crippen LogP contribution in [0.1, 0.15) is 20.3 Å². The van der Waals surface area contributed by atoms with Crippen molar-refractivity contribution >= 4 is 22.3 Å². The van der Waals surface area contributed by atoms with Gasteiger partial charge >= 0.3 is 0 Å². The van der Waals surface area contributed by atoms with E-state index in [9.17, 15) is 0 Å². The molecule has 0 aliphatic rings. The first-order valence-corrected chi connectivity index (χ1v) is 7.35.